The van der Waals surface area contributed by atoms with Crippen molar-refractivity contribution in [2.45, 2.75) is 6.92 Å². The van der Waals surface area contributed by atoms with E-state index in [9.17, 15) is 9.59 Å². The summed E-state index contributed by atoms with van der Waals surface area (Å²) in [5.74, 6) is -0.648. The first-order valence-electron chi connectivity index (χ1n) is 7.86. The van der Waals surface area contributed by atoms with Gasteiger partial charge in [-0.15, -0.1) is 0 Å². The van der Waals surface area contributed by atoms with Crippen LogP contribution in [0, 0.1) is 0 Å². The molecule has 1 aliphatic rings. The number of nitrogens with zero attached hydrogens (tertiary/aromatic N) is 2. The van der Waals surface area contributed by atoms with E-state index in [0.29, 0.717) is 5.69 Å². The number of aliphatic imine (C=N–C) groups is 1. The first-order valence-corrected chi connectivity index (χ1v) is 7.86. The van der Waals surface area contributed by atoms with Gasteiger partial charge in [0.05, 0.1) is 18.0 Å². The zero-order valence-electron chi connectivity index (χ0n) is 13.4. The molecule has 0 aromatic heterocycles. The molecule has 0 bridgehead atoms. The van der Waals surface area contributed by atoms with Gasteiger partial charge in [0.1, 0.15) is 13.1 Å². The highest BCUT2D eigenvalue weighted by molar-refractivity contribution is 6.20. The van der Waals surface area contributed by atoms with Gasteiger partial charge in [-0.1, -0.05) is 48.5 Å². The second-order valence-corrected chi connectivity index (χ2v) is 5.33. The van der Waals surface area contributed by atoms with Crippen LogP contribution in [0.25, 0.3) is 0 Å². The van der Waals surface area contributed by atoms with E-state index in [-0.39, 0.29) is 25.6 Å². The summed E-state index contributed by atoms with van der Waals surface area (Å²) in [6.07, 6.45) is 0. The van der Waals surface area contributed by atoms with E-state index in [2.05, 4.69) is 4.99 Å². The predicted octanol–water partition coefficient (Wildman–Crippen LogP) is 2.43. The number of hydrogen-bond donors (Lipinski definition) is 0. The Labute approximate surface area is 140 Å². The third kappa shape index (κ3) is 3.20. The number of esters is 1. The predicted molar refractivity (Wildman–Crippen MR) is 92.4 cm³/mol. The zero-order chi connectivity index (χ0) is 16.9. The Hall–Kier alpha value is -2.95. The fourth-order valence-corrected chi connectivity index (χ4v) is 2.71. The van der Waals surface area contributed by atoms with Gasteiger partial charge in [0, 0.05) is 11.1 Å². The Balaban J connectivity index is 2.04. The highest BCUT2D eigenvalue weighted by atomic mass is 16.5. The monoisotopic (exact) mass is 322 g/mol. The van der Waals surface area contributed by atoms with Crippen LogP contribution in [0.15, 0.2) is 59.6 Å². The molecule has 5 heteroatoms. The number of rotatable bonds is 4. The third-order valence-electron chi connectivity index (χ3n) is 3.76. The van der Waals surface area contributed by atoms with Gasteiger partial charge >= 0.3 is 5.97 Å². The number of hydrogen-bond acceptors (Lipinski definition) is 4. The van der Waals surface area contributed by atoms with Gasteiger partial charge in [0.15, 0.2) is 0 Å². The van der Waals surface area contributed by atoms with Crippen LogP contribution in [0.1, 0.15) is 18.1 Å². The molecule has 2 aromatic carbocycles. The zero-order valence-corrected chi connectivity index (χ0v) is 13.4. The molecule has 0 atom stereocenters. The molecule has 5 nitrogen and oxygen atoms in total. The number of ether oxygens (including phenoxy) is 1. The van der Waals surface area contributed by atoms with Crippen LogP contribution in [0.5, 0.6) is 0 Å². The van der Waals surface area contributed by atoms with E-state index in [0.717, 1.165) is 16.8 Å². The number of amides is 1. The molecule has 0 unspecified atom stereocenters. The first kappa shape index (κ1) is 15.9. The van der Waals surface area contributed by atoms with E-state index in [1.807, 2.05) is 54.6 Å². The number of carbonyl (C=O) groups excluding carboxylic acids is 2. The van der Waals surface area contributed by atoms with Crippen LogP contribution in [-0.2, 0) is 14.3 Å². The van der Waals surface area contributed by atoms with E-state index in [1.165, 1.54) is 4.90 Å². The maximum atomic E-state index is 12.5. The molecule has 0 saturated heterocycles. The average molecular weight is 322 g/mol. The summed E-state index contributed by atoms with van der Waals surface area (Å²) < 4.78 is 4.99. The van der Waals surface area contributed by atoms with Gasteiger partial charge in [-0.3, -0.25) is 19.5 Å². The van der Waals surface area contributed by atoms with Crippen molar-refractivity contribution in [2.24, 2.45) is 4.99 Å². The van der Waals surface area contributed by atoms with Gasteiger partial charge in [-0.2, -0.15) is 0 Å². The van der Waals surface area contributed by atoms with Crippen molar-refractivity contribution >= 4 is 23.3 Å². The lowest BCUT2D eigenvalue weighted by molar-refractivity contribution is -0.142. The Kier molecular flexibility index (Phi) is 4.70. The maximum absolute atomic E-state index is 12.5. The van der Waals surface area contributed by atoms with E-state index < -0.39 is 5.97 Å². The number of fused-ring (bicyclic) bond motifs is 1. The van der Waals surface area contributed by atoms with Crippen molar-refractivity contribution in [2.75, 3.05) is 24.6 Å². The van der Waals surface area contributed by atoms with E-state index in [1.54, 1.807) is 6.92 Å². The van der Waals surface area contributed by atoms with Gasteiger partial charge < -0.3 is 4.74 Å². The lowest BCUT2D eigenvalue weighted by Gasteiger charge is -2.22. The average Bonchev–Trinajstić information content (AvgIpc) is 2.74. The van der Waals surface area contributed by atoms with E-state index >= 15 is 0 Å². The highest BCUT2D eigenvalue weighted by Crippen LogP contribution is 2.26. The van der Waals surface area contributed by atoms with Gasteiger partial charge in [-0.05, 0) is 13.0 Å². The van der Waals surface area contributed by atoms with Crippen molar-refractivity contribution in [3.05, 3.63) is 65.7 Å². The lowest BCUT2D eigenvalue weighted by Crippen LogP contribution is -2.37. The van der Waals surface area contributed by atoms with Crippen molar-refractivity contribution < 1.29 is 14.3 Å². The summed E-state index contributed by atoms with van der Waals surface area (Å²) in [5, 5.41) is 0. The summed E-state index contributed by atoms with van der Waals surface area (Å²) in [4.78, 5) is 30.3. The molecule has 0 spiro atoms. The topological polar surface area (TPSA) is 59.0 Å². The number of benzene rings is 2. The molecule has 0 saturated carbocycles. The molecular formula is C19H18N2O3. The van der Waals surface area contributed by atoms with Gasteiger partial charge in [0.25, 0.3) is 0 Å². The molecular weight excluding hydrogens is 304 g/mol. The minimum Gasteiger partial charge on any atom is -0.465 e. The van der Waals surface area contributed by atoms with Crippen molar-refractivity contribution in [1.82, 2.24) is 0 Å². The molecule has 0 fully saturated rings. The van der Waals surface area contributed by atoms with Crippen LogP contribution < -0.4 is 4.90 Å². The van der Waals surface area contributed by atoms with Crippen molar-refractivity contribution in [1.29, 1.82) is 0 Å². The number of benzodiazepines with no additional fused rings is 1. The molecule has 3 rings (SSSR count). The third-order valence-corrected chi connectivity index (χ3v) is 3.76. The van der Waals surface area contributed by atoms with Crippen molar-refractivity contribution in [3.8, 4) is 0 Å². The standard InChI is InChI=1S/C19H18N2O3/c1-2-24-18(23)13-21-16-11-7-6-10-15(16)19(20-12-17(21)22)14-8-4-3-5-9-14/h3-11H,2,12-13H2,1H3. The summed E-state index contributed by atoms with van der Waals surface area (Å²) in [6.45, 7) is 1.92. The molecule has 1 heterocycles. The smallest absolute Gasteiger partial charge is 0.326 e. The van der Waals surface area contributed by atoms with Crippen LogP contribution in [0.2, 0.25) is 0 Å². The molecule has 122 valence electrons. The van der Waals surface area contributed by atoms with Crippen LogP contribution >= 0.6 is 0 Å². The molecule has 0 aliphatic carbocycles. The summed E-state index contributed by atoms with van der Waals surface area (Å²) in [5.41, 5.74) is 3.20. The normalized spacial score (nSPS) is 13.8. The van der Waals surface area contributed by atoms with Crippen LogP contribution in [-0.4, -0.2) is 37.3 Å². The van der Waals surface area contributed by atoms with E-state index in [4.69, 9.17) is 4.74 Å². The quantitative estimate of drug-likeness (QED) is 0.812. The number of carbonyl (C=O) groups is 2. The largest absolute Gasteiger partial charge is 0.465 e. The molecule has 0 N–H and O–H groups in total. The Bertz CT molecular complexity index is 784. The Morgan fingerprint density at radius 2 is 1.83 bits per heavy atom. The Morgan fingerprint density at radius 3 is 2.58 bits per heavy atom. The SMILES string of the molecule is CCOC(=O)CN1C(=O)CN=C(c2ccccc2)c2ccccc21. The molecule has 1 amide bonds. The molecule has 2 aromatic rings. The fraction of sp³-hybridized carbons (Fsp3) is 0.211. The Morgan fingerprint density at radius 1 is 1.12 bits per heavy atom. The van der Waals surface area contributed by atoms with Gasteiger partial charge in [0.2, 0.25) is 5.91 Å². The van der Waals surface area contributed by atoms with Crippen molar-refractivity contribution in [3.63, 3.8) is 0 Å². The fourth-order valence-electron chi connectivity index (χ4n) is 2.71. The number of anilines is 1. The summed E-state index contributed by atoms with van der Waals surface area (Å²) in [7, 11) is 0. The highest BCUT2D eigenvalue weighted by Gasteiger charge is 2.26. The molecule has 24 heavy (non-hydrogen) atoms. The summed E-state index contributed by atoms with van der Waals surface area (Å²) >= 11 is 0. The maximum Gasteiger partial charge on any atom is 0.326 e. The first-order chi connectivity index (χ1) is 11.7. The van der Waals surface area contributed by atoms with Gasteiger partial charge in [-0.25, -0.2) is 0 Å². The number of para-hydroxylation sites is 1. The minimum atomic E-state index is -0.427. The lowest BCUT2D eigenvalue weighted by atomic mass is 10.0. The second kappa shape index (κ2) is 7.08. The molecule has 1 aliphatic heterocycles. The van der Waals surface area contributed by atoms with Crippen LogP contribution in [0.3, 0.4) is 0 Å². The molecule has 0 radical (unpaired) electrons. The second-order valence-electron chi connectivity index (χ2n) is 5.33. The summed E-state index contributed by atoms with van der Waals surface area (Å²) in [6, 6.07) is 17.2. The minimum absolute atomic E-state index is 0.00167. The van der Waals surface area contributed by atoms with Crippen LogP contribution in [0.4, 0.5) is 5.69 Å².